The van der Waals surface area contributed by atoms with Crippen molar-refractivity contribution in [1.82, 2.24) is 5.32 Å². The maximum Gasteiger partial charge on any atom is 0.340 e. The smallest absolute Gasteiger partial charge is 0.340 e. The highest BCUT2D eigenvalue weighted by Crippen LogP contribution is 2.38. The molecule has 0 spiro atoms. The van der Waals surface area contributed by atoms with E-state index in [0.717, 1.165) is 12.2 Å². The predicted molar refractivity (Wildman–Crippen MR) is 104 cm³/mol. The summed E-state index contributed by atoms with van der Waals surface area (Å²) in [6, 6.07) is 4.71. The minimum atomic E-state index is -2.07. The third-order valence-corrected chi connectivity index (χ3v) is 5.35. The Balaban J connectivity index is 2.07. The molecule has 0 aromatic heterocycles. The van der Waals surface area contributed by atoms with E-state index < -0.39 is 29.6 Å². The number of ether oxygens (including phenoxy) is 2. The highest BCUT2D eigenvalue weighted by molar-refractivity contribution is 6.36. The van der Waals surface area contributed by atoms with Crippen molar-refractivity contribution >= 4 is 46.7 Å². The third kappa shape index (κ3) is 4.01. The Labute approximate surface area is 172 Å². The molecular weight excluding hydrogens is 407 g/mol. The standard InChI is InChI=1S/C19H20Cl2N2O5/c1-2-23(15-11-13(20)3-4-14(15)21)18(26)19(12-7-9-22-10-8-12)27-16(24)5-6-17(25)28-19/h3-6,11-12,22H,2,7-10H2,1H3. The fraction of sp³-hybridized carbons (Fsp3) is 0.421. The Morgan fingerprint density at radius 3 is 2.36 bits per heavy atom. The molecule has 1 saturated heterocycles. The molecule has 0 unspecified atom stereocenters. The van der Waals surface area contributed by atoms with E-state index in [4.69, 9.17) is 32.7 Å². The number of amides is 1. The van der Waals surface area contributed by atoms with Crippen LogP contribution in [0.2, 0.25) is 10.0 Å². The summed E-state index contributed by atoms with van der Waals surface area (Å²) in [5.41, 5.74) is 0.347. The maximum atomic E-state index is 13.7. The number of carbonyl (C=O) groups excluding carboxylic acids is 3. The van der Waals surface area contributed by atoms with Crippen molar-refractivity contribution in [1.29, 1.82) is 0 Å². The summed E-state index contributed by atoms with van der Waals surface area (Å²) in [6.07, 6.45) is 2.91. The molecule has 0 bridgehead atoms. The van der Waals surface area contributed by atoms with Crippen molar-refractivity contribution in [3.63, 3.8) is 0 Å². The molecule has 0 atom stereocenters. The Morgan fingerprint density at radius 2 is 1.79 bits per heavy atom. The molecule has 2 aliphatic heterocycles. The van der Waals surface area contributed by atoms with Gasteiger partial charge in [0.05, 0.1) is 10.7 Å². The Kier molecular flexibility index (Phi) is 6.27. The summed E-state index contributed by atoms with van der Waals surface area (Å²) in [4.78, 5) is 39.4. The second-order valence-electron chi connectivity index (χ2n) is 6.51. The number of hydrogen-bond donors (Lipinski definition) is 1. The molecule has 28 heavy (non-hydrogen) atoms. The van der Waals surface area contributed by atoms with E-state index in [9.17, 15) is 14.4 Å². The molecule has 7 nitrogen and oxygen atoms in total. The molecule has 2 aliphatic rings. The van der Waals surface area contributed by atoms with Gasteiger partial charge in [0.25, 0.3) is 0 Å². The first-order chi connectivity index (χ1) is 13.4. The summed E-state index contributed by atoms with van der Waals surface area (Å²) >= 11 is 12.4. The maximum absolute atomic E-state index is 13.7. The molecule has 1 aromatic carbocycles. The SMILES string of the molecule is CCN(C(=O)C1(C2CCNCC2)OC(=O)C=CC(=O)O1)c1cc(Cl)ccc1Cl. The van der Waals surface area contributed by atoms with Gasteiger partial charge in [-0.05, 0) is 51.1 Å². The van der Waals surface area contributed by atoms with Crippen LogP contribution in [0.5, 0.6) is 0 Å². The van der Waals surface area contributed by atoms with Crippen LogP contribution < -0.4 is 10.2 Å². The van der Waals surface area contributed by atoms with Crippen LogP contribution in [0, 0.1) is 5.92 Å². The van der Waals surface area contributed by atoms with Crippen molar-refractivity contribution in [2.45, 2.75) is 25.6 Å². The number of benzene rings is 1. The summed E-state index contributed by atoms with van der Waals surface area (Å²) < 4.78 is 11.0. The lowest BCUT2D eigenvalue weighted by atomic mass is 9.87. The summed E-state index contributed by atoms with van der Waals surface area (Å²) in [7, 11) is 0. The molecule has 0 aliphatic carbocycles. The van der Waals surface area contributed by atoms with E-state index in [1.165, 1.54) is 4.90 Å². The van der Waals surface area contributed by atoms with Crippen LogP contribution in [0.25, 0.3) is 0 Å². The van der Waals surface area contributed by atoms with Crippen LogP contribution in [0.1, 0.15) is 19.8 Å². The molecular formula is C19H20Cl2N2O5. The van der Waals surface area contributed by atoms with Gasteiger partial charge in [0, 0.05) is 29.6 Å². The number of cyclic esters (lactones) is 2. The molecule has 1 amide bonds. The molecule has 1 aromatic rings. The minimum absolute atomic E-state index is 0.203. The van der Waals surface area contributed by atoms with Crippen LogP contribution in [-0.2, 0) is 23.9 Å². The molecule has 0 radical (unpaired) electrons. The van der Waals surface area contributed by atoms with Crippen LogP contribution in [0.3, 0.4) is 0 Å². The van der Waals surface area contributed by atoms with Gasteiger partial charge in [-0.25, -0.2) is 9.59 Å². The Hall–Kier alpha value is -2.09. The van der Waals surface area contributed by atoms with E-state index in [2.05, 4.69) is 5.32 Å². The average molecular weight is 427 g/mol. The van der Waals surface area contributed by atoms with Crippen LogP contribution in [0.15, 0.2) is 30.4 Å². The van der Waals surface area contributed by atoms with Crippen LogP contribution in [-0.4, -0.2) is 43.3 Å². The number of nitrogens with zero attached hydrogens (tertiary/aromatic N) is 1. The van der Waals surface area contributed by atoms with Gasteiger partial charge in [0.1, 0.15) is 0 Å². The summed E-state index contributed by atoms with van der Waals surface area (Å²) in [5.74, 6) is -4.86. The van der Waals surface area contributed by atoms with E-state index in [-0.39, 0.29) is 6.54 Å². The second-order valence-corrected chi connectivity index (χ2v) is 7.36. The van der Waals surface area contributed by atoms with Crippen molar-refractivity contribution in [3.8, 4) is 0 Å². The Bertz CT molecular complexity index is 801. The zero-order chi connectivity index (χ0) is 20.3. The lowest BCUT2D eigenvalue weighted by molar-refractivity contribution is -0.236. The van der Waals surface area contributed by atoms with E-state index >= 15 is 0 Å². The van der Waals surface area contributed by atoms with Gasteiger partial charge in [-0.3, -0.25) is 4.79 Å². The first-order valence-electron chi connectivity index (χ1n) is 8.99. The van der Waals surface area contributed by atoms with Crippen molar-refractivity contribution < 1.29 is 23.9 Å². The first-order valence-corrected chi connectivity index (χ1v) is 9.74. The zero-order valence-corrected chi connectivity index (χ0v) is 16.8. The van der Waals surface area contributed by atoms with E-state index in [1.54, 1.807) is 25.1 Å². The number of halogens is 2. The van der Waals surface area contributed by atoms with Gasteiger partial charge in [0.15, 0.2) is 0 Å². The average Bonchev–Trinajstić information content (AvgIpc) is 2.84. The second kappa shape index (κ2) is 8.51. The van der Waals surface area contributed by atoms with Crippen molar-refractivity contribution in [2.75, 3.05) is 24.5 Å². The number of carbonyl (C=O) groups is 3. The number of piperidine rings is 1. The number of nitrogens with one attached hydrogen (secondary N) is 1. The van der Waals surface area contributed by atoms with Gasteiger partial charge in [-0.2, -0.15) is 0 Å². The van der Waals surface area contributed by atoms with E-state index in [1.807, 2.05) is 0 Å². The number of likely N-dealkylation sites (N-methyl/N-ethyl adjacent to an activating group) is 1. The lowest BCUT2D eigenvalue weighted by Crippen LogP contribution is -2.60. The van der Waals surface area contributed by atoms with Crippen LogP contribution >= 0.6 is 23.2 Å². The summed E-state index contributed by atoms with van der Waals surface area (Å²) in [5, 5.41) is 3.86. The first kappa shape index (κ1) is 20.6. The largest absolute Gasteiger partial charge is 0.410 e. The lowest BCUT2D eigenvalue weighted by Gasteiger charge is -2.41. The number of hydrogen-bond acceptors (Lipinski definition) is 6. The van der Waals surface area contributed by atoms with Crippen molar-refractivity contribution in [2.24, 2.45) is 5.92 Å². The minimum Gasteiger partial charge on any atom is -0.410 e. The summed E-state index contributed by atoms with van der Waals surface area (Å²) in [6.45, 7) is 3.15. The highest BCUT2D eigenvalue weighted by atomic mass is 35.5. The van der Waals surface area contributed by atoms with Crippen LogP contribution in [0.4, 0.5) is 5.69 Å². The molecule has 0 saturated carbocycles. The number of rotatable bonds is 4. The predicted octanol–water partition coefficient (Wildman–Crippen LogP) is 2.70. The molecule has 1 fully saturated rings. The quantitative estimate of drug-likeness (QED) is 0.744. The molecule has 9 heteroatoms. The molecule has 1 N–H and O–H groups in total. The van der Waals surface area contributed by atoms with Crippen molar-refractivity contribution in [3.05, 3.63) is 40.4 Å². The molecule has 2 heterocycles. The highest BCUT2D eigenvalue weighted by Gasteiger charge is 2.56. The monoisotopic (exact) mass is 426 g/mol. The molecule has 3 rings (SSSR count). The van der Waals surface area contributed by atoms with Gasteiger partial charge in [-0.1, -0.05) is 23.2 Å². The normalized spacial score (nSPS) is 19.5. The van der Waals surface area contributed by atoms with E-state index in [0.29, 0.717) is 41.7 Å². The Morgan fingerprint density at radius 1 is 1.18 bits per heavy atom. The number of anilines is 1. The zero-order valence-electron chi connectivity index (χ0n) is 15.2. The van der Waals surface area contributed by atoms with Gasteiger partial charge >= 0.3 is 23.6 Å². The topological polar surface area (TPSA) is 84.9 Å². The van der Waals surface area contributed by atoms with Gasteiger partial charge < -0.3 is 19.7 Å². The molecule has 150 valence electrons. The van der Waals surface area contributed by atoms with Gasteiger partial charge in [0.2, 0.25) is 0 Å². The fourth-order valence-electron chi connectivity index (χ4n) is 3.46. The van der Waals surface area contributed by atoms with Gasteiger partial charge in [-0.15, -0.1) is 0 Å². The third-order valence-electron chi connectivity index (χ3n) is 4.79. The fourth-order valence-corrected chi connectivity index (χ4v) is 3.84. The number of esters is 2.